The largest absolute Gasteiger partial charge is 0.497 e. The molecule has 12 nitrogen and oxygen atoms in total. The predicted molar refractivity (Wildman–Crippen MR) is 160 cm³/mol. The lowest BCUT2D eigenvalue weighted by Crippen LogP contribution is -2.21. The molecule has 42 heavy (non-hydrogen) atoms. The van der Waals surface area contributed by atoms with E-state index >= 15 is 0 Å². The summed E-state index contributed by atoms with van der Waals surface area (Å²) in [6, 6.07) is 17.5. The Morgan fingerprint density at radius 1 is 0.929 bits per heavy atom. The fourth-order valence-corrected chi connectivity index (χ4v) is 4.48. The van der Waals surface area contributed by atoms with Crippen molar-refractivity contribution in [3.8, 4) is 22.9 Å². The number of carbonyl (C=O) groups excluding carboxylic acids is 1. The number of urea groups is 1. The van der Waals surface area contributed by atoms with Gasteiger partial charge in [0.25, 0.3) is 0 Å². The van der Waals surface area contributed by atoms with Gasteiger partial charge < -0.3 is 19.8 Å². The number of nitrogens with one attached hydrogen (secondary N) is 4. The molecule has 0 saturated carbocycles. The maximum Gasteiger partial charge on any atom is 0.325 e. The van der Waals surface area contributed by atoms with Gasteiger partial charge in [-0.25, -0.2) is 19.3 Å². The molecule has 6 rings (SSSR count). The first-order valence-electron chi connectivity index (χ1n) is 13.2. The Morgan fingerprint density at radius 3 is 2.50 bits per heavy atom. The van der Waals surface area contributed by atoms with Crippen LogP contribution in [0.4, 0.5) is 16.3 Å². The quantitative estimate of drug-likeness (QED) is 0.202. The number of aromatic nitrogens is 6. The van der Waals surface area contributed by atoms with Gasteiger partial charge in [-0.05, 0) is 48.5 Å². The monoisotopic (exact) mass is 564 g/mol. The molecule has 212 valence electrons. The van der Waals surface area contributed by atoms with Crippen molar-refractivity contribution in [2.45, 2.75) is 26.2 Å². The number of hydrogen-bond donors (Lipinski definition) is 4. The Bertz CT molecular complexity index is 1980. The number of carbonyl (C=O) groups is 1. The lowest BCUT2D eigenvalue weighted by molar-refractivity contribution is 0.262. The molecule has 0 unspecified atom stereocenters. The van der Waals surface area contributed by atoms with E-state index in [4.69, 9.17) is 14.6 Å². The summed E-state index contributed by atoms with van der Waals surface area (Å²) < 4.78 is 13.1. The summed E-state index contributed by atoms with van der Waals surface area (Å²) in [5.41, 5.74) is 2.84. The number of anilines is 2. The van der Waals surface area contributed by atoms with Gasteiger partial charge in [-0.15, -0.1) is 0 Å². The van der Waals surface area contributed by atoms with Crippen molar-refractivity contribution in [2.75, 3.05) is 17.7 Å². The van der Waals surface area contributed by atoms with Gasteiger partial charge in [0, 0.05) is 35.3 Å². The minimum atomic E-state index is -0.454. The minimum Gasteiger partial charge on any atom is -0.497 e. The van der Waals surface area contributed by atoms with Gasteiger partial charge >= 0.3 is 11.7 Å². The van der Waals surface area contributed by atoms with Crippen LogP contribution >= 0.6 is 0 Å². The number of aromatic amines is 2. The van der Waals surface area contributed by atoms with Crippen LogP contribution in [0.3, 0.4) is 0 Å². The molecule has 0 atom stereocenters. The maximum atomic E-state index is 13.3. The topological polar surface area (TPSA) is 152 Å². The summed E-state index contributed by atoms with van der Waals surface area (Å²) in [6.07, 6.45) is 3.18. The molecule has 0 aliphatic carbocycles. The van der Waals surface area contributed by atoms with Gasteiger partial charge in [-0.3, -0.25) is 15.3 Å². The number of H-pyrrole nitrogens is 2. The number of nitrogens with zero attached hydrogens (tertiary/aromatic N) is 4. The molecule has 0 aliphatic rings. The average Bonchev–Trinajstić information content (AvgIpc) is 3.58. The average molecular weight is 565 g/mol. The van der Waals surface area contributed by atoms with Crippen molar-refractivity contribution in [1.82, 2.24) is 29.7 Å². The molecule has 0 spiro atoms. The lowest BCUT2D eigenvalue weighted by atomic mass is 9.92. The van der Waals surface area contributed by atoms with Crippen LogP contribution in [0.5, 0.6) is 17.2 Å². The van der Waals surface area contributed by atoms with E-state index in [0.717, 1.165) is 17.1 Å². The molecule has 0 saturated heterocycles. The first-order chi connectivity index (χ1) is 20.2. The van der Waals surface area contributed by atoms with Crippen LogP contribution in [0.15, 0.2) is 77.9 Å². The summed E-state index contributed by atoms with van der Waals surface area (Å²) in [5, 5.41) is 11.3. The van der Waals surface area contributed by atoms with Crippen molar-refractivity contribution in [3.63, 3.8) is 0 Å². The molecule has 4 N–H and O–H groups in total. The summed E-state index contributed by atoms with van der Waals surface area (Å²) in [5.74, 6) is 2.08. The molecule has 2 amide bonds. The molecular formula is C30H28N8O4. The Balaban J connectivity index is 1.29. The predicted octanol–water partition coefficient (Wildman–Crippen LogP) is 5.73. The number of benzene rings is 2. The van der Waals surface area contributed by atoms with E-state index in [1.807, 2.05) is 36.4 Å². The van der Waals surface area contributed by atoms with Gasteiger partial charge in [0.1, 0.15) is 22.6 Å². The number of ether oxygens (including phenoxy) is 2. The smallest absolute Gasteiger partial charge is 0.325 e. The zero-order valence-corrected chi connectivity index (χ0v) is 23.4. The Kier molecular flexibility index (Phi) is 6.57. The standard InChI is InChI=1S/C30H28N8O4/c1-30(2,3)23-16-24(38(37-23)17-7-9-18(41-4)10-8-17)34-28(39)33-20-11-12-21(25-19(20)6-5-14-31-25)42-22-13-15-32-27-26(22)35-29(40)36-27/h5-16H,1-4H3,(H2,33,34,39)(H2,32,35,36,40). The van der Waals surface area contributed by atoms with Crippen molar-refractivity contribution < 1.29 is 14.3 Å². The fraction of sp³-hybridized carbons (Fsp3) is 0.167. The zero-order valence-electron chi connectivity index (χ0n) is 23.4. The second kappa shape index (κ2) is 10.4. The third-order valence-corrected chi connectivity index (χ3v) is 6.62. The fourth-order valence-electron chi connectivity index (χ4n) is 4.48. The zero-order chi connectivity index (χ0) is 29.4. The maximum absolute atomic E-state index is 13.3. The number of pyridine rings is 2. The van der Waals surface area contributed by atoms with Crippen LogP contribution in [0.25, 0.3) is 27.8 Å². The van der Waals surface area contributed by atoms with E-state index in [9.17, 15) is 9.59 Å². The SMILES string of the molecule is COc1ccc(-n2nc(C(C)(C)C)cc2NC(=O)Nc2ccc(Oc3ccnc4[nH]c(=O)[nH]c34)c3ncccc23)cc1. The minimum absolute atomic E-state index is 0.240. The third-order valence-electron chi connectivity index (χ3n) is 6.62. The van der Waals surface area contributed by atoms with Crippen LogP contribution < -0.4 is 25.8 Å². The molecule has 2 aromatic carbocycles. The van der Waals surface area contributed by atoms with Crippen molar-refractivity contribution in [1.29, 1.82) is 0 Å². The van der Waals surface area contributed by atoms with Gasteiger partial charge in [0.05, 0.1) is 24.2 Å². The van der Waals surface area contributed by atoms with Crippen LogP contribution in [-0.4, -0.2) is 42.9 Å². The third kappa shape index (κ3) is 5.12. The first kappa shape index (κ1) is 26.6. The number of fused-ring (bicyclic) bond motifs is 2. The Hall–Kier alpha value is -5.65. The summed E-state index contributed by atoms with van der Waals surface area (Å²) in [7, 11) is 1.61. The molecule has 4 heterocycles. The second-order valence-corrected chi connectivity index (χ2v) is 10.6. The summed E-state index contributed by atoms with van der Waals surface area (Å²) >= 11 is 0. The number of rotatable bonds is 6. The van der Waals surface area contributed by atoms with E-state index in [2.05, 4.69) is 51.3 Å². The lowest BCUT2D eigenvalue weighted by Gasteiger charge is -2.14. The van der Waals surface area contributed by atoms with E-state index < -0.39 is 6.03 Å². The Morgan fingerprint density at radius 2 is 1.74 bits per heavy atom. The Labute approximate surface area is 239 Å². The van der Waals surface area contributed by atoms with Gasteiger partial charge in [-0.1, -0.05) is 20.8 Å². The van der Waals surface area contributed by atoms with E-state index in [-0.39, 0.29) is 11.1 Å². The first-order valence-corrected chi connectivity index (χ1v) is 13.2. The molecule has 6 aromatic rings. The van der Waals surface area contributed by atoms with Crippen molar-refractivity contribution >= 4 is 39.6 Å². The van der Waals surface area contributed by atoms with Crippen LogP contribution in [0.2, 0.25) is 0 Å². The number of hydrogen-bond acceptors (Lipinski definition) is 7. The van der Waals surface area contributed by atoms with Crippen LogP contribution in [-0.2, 0) is 5.41 Å². The molecular weight excluding hydrogens is 536 g/mol. The highest BCUT2D eigenvalue weighted by Gasteiger charge is 2.22. The van der Waals surface area contributed by atoms with E-state index in [1.165, 1.54) is 0 Å². The molecule has 0 radical (unpaired) electrons. The second-order valence-electron chi connectivity index (χ2n) is 10.6. The summed E-state index contributed by atoms with van der Waals surface area (Å²) in [6.45, 7) is 6.18. The van der Waals surface area contributed by atoms with Gasteiger partial charge in [-0.2, -0.15) is 5.10 Å². The number of amides is 2. The van der Waals surface area contributed by atoms with Crippen LogP contribution in [0, 0.1) is 0 Å². The van der Waals surface area contributed by atoms with E-state index in [1.54, 1.807) is 48.5 Å². The summed E-state index contributed by atoms with van der Waals surface area (Å²) in [4.78, 5) is 39.1. The molecule has 12 heteroatoms. The molecule has 4 aromatic heterocycles. The van der Waals surface area contributed by atoms with Gasteiger partial charge in [0.15, 0.2) is 17.1 Å². The van der Waals surface area contributed by atoms with E-state index in [0.29, 0.717) is 45.1 Å². The highest BCUT2D eigenvalue weighted by atomic mass is 16.5. The normalized spacial score (nSPS) is 11.5. The van der Waals surface area contributed by atoms with Crippen molar-refractivity contribution in [2.24, 2.45) is 0 Å². The number of imidazole rings is 1. The number of methoxy groups -OCH3 is 1. The molecule has 0 bridgehead atoms. The molecule has 0 aliphatic heterocycles. The van der Waals surface area contributed by atoms with Gasteiger partial charge in [0.2, 0.25) is 0 Å². The van der Waals surface area contributed by atoms with Crippen LogP contribution in [0.1, 0.15) is 26.5 Å². The highest BCUT2D eigenvalue weighted by Crippen LogP contribution is 2.35. The molecule has 0 fully saturated rings. The van der Waals surface area contributed by atoms with Crippen molar-refractivity contribution in [3.05, 3.63) is 89.2 Å². The highest BCUT2D eigenvalue weighted by molar-refractivity contribution is 6.06.